The van der Waals surface area contributed by atoms with Crippen molar-refractivity contribution in [3.8, 4) is 0 Å². The van der Waals surface area contributed by atoms with E-state index in [0.717, 1.165) is 0 Å². The summed E-state index contributed by atoms with van der Waals surface area (Å²) < 4.78 is 0. The molecular formula is C8H13N7O6. The Hall–Kier alpha value is -2.40. The number of hydrogen-bond donors (Lipinski definition) is 5. The fourth-order valence-electron chi connectivity index (χ4n) is 1.25. The van der Waals surface area contributed by atoms with Gasteiger partial charge in [-0.3, -0.25) is 9.59 Å². The lowest BCUT2D eigenvalue weighted by Gasteiger charge is -2.27. The Bertz CT molecular complexity index is 472. The van der Waals surface area contributed by atoms with E-state index in [1.807, 2.05) is 5.32 Å². The van der Waals surface area contributed by atoms with Crippen molar-refractivity contribution in [3.05, 3.63) is 20.9 Å². The van der Waals surface area contributed by atoms with Gasteiger partial charge in [0.1, 0.15) is 30.9 Å². The number of hydrogen-bond acceptors (Lipinski definition) is 7. The van der Waals surface area contributed by atoms with E-state index in [0.29, 0.717) is 0 Å². The number of rotatable bonds is 8. The molecule has 0 aliphatic carbocycles. The van der Waals surface area contributed by atoms with Gasteiger partial charge in [-0.25, -0.2) is 0 Å². The number of amides is 2. The quantitative estimate of drug-likeness (QED) is 0.188. The molecule has 0 rings (SSSR count). The van der Waals surface area contributed by atoms with Gasteiger partial charge in [0, 0.05) is 9.82 Å². The van der Waals surface area contributed by atoms with Crippen molar-refractivity contribution in [1.82, 2.24) is 5.32 Å². The Morgan fingerprint density at radius 3 is 2.24 bits per heavy atom. The Kier molecular flexibility index (Phi) is 8.41. The summed E-state index contributed by atoms with van der Waals surface area (Å²) in [6.45, 7) is -1.63. The predicted octanol–water partition coefficient (Wildman–Crippen LogP) is -2.31. The van der Waals surface area contributed by atoms with Crippen LogP contribution in [0.4, 0.5) is 0 Å². The molecule has 13 heteroatoms. The van der Waals surface area contributed by atoms with E-state index in [4.69, 9.17) is 16.2 Å². The van der Waals surface area contributed by atoms with E-state index in [1.165, 1.54) is 0 Å². The Labute approximate surface area is 117 Å². The zero-order chi connectivity index (χ0) is 16.4. The molecule has 0 aromatic heterocycles. The number of aliphatic hydroxyl groups is 4. The van der Waals surface area contributed by atoms with E-state index >= 15 is 0 Å². The van der Waals surface area contributed by atoms with Crippen molar-refractivity contribution in [2.24, 2.45) is 10.2 Å². The van der Waals surface area contributed by atoms with Gasteiger partial charge in [0.05, 0.1) is 6.61 Å². The van der Waals surface area contributed by atoms with E-state index in [1.54, 1.807) is 0 Å². The molecule has 0 fully saturated rings. The van der Waals surface area contributed by atoms with E-state index < -0.39 is 49.3 Å². The first-order chi connectivity index (χ1) is 9.88. The summed E-state index contributed by atoms with van der Waals surface area (Å²) in [6, 6.07) is -1.89. The minimum absolute atomic E-state index is 0.706. The zero-order valence-electron chi connectivity index (χ0n) is 10.5. The van der Waals surface area contributed by atoms with Crippen LogP contribution in [0.15, 0.2) is 10.2 Å². The summed E-state index contributed by atoms with van der Waals surface area (Å²) in [4.78, 5) is 27.2. The number of carbonyl (C=O) groups is 2. The van der Waals surface area contributed by atoms with Gasteiger partial charge in [0.15, 0.2) is 0 Å². The standard InChI is InChI=1S/C8H13N7O6/c9-14-11-1-4(18)12-5(8(21)13-15-10)7(20)6(19)3(17)2-16/h3,5-7,16-17,19-20H,1-2H2,(H,12,18)/t3-,5+,6-,7-/m1/s1. The van der Waals surface area contributed by atoms with Crippen LogP contribution in [0, 0.1) is 0 Å². The molecule has 0 radical (unpaired) electrons. The molecule has 21 heavy (non-hydrogen) atoms. The minimum atomic E-state index is -2.07. The summed E-state index contributed by atoms with van der Waals surface area (Å²) in [5.41, 5.74) is 16.2. The third kappa shape index (κ3) is 6.05. The lowest BCUT2D eigenvalue weighted by molar-refractivity contribution is -0.136. The number of nitrogens with one attached hydrogen (secondary N) is 1. The van der Waals surface area contributed by atoms with Crippen LogP contribution in [0.1, 0.15) is 0 Å². The van der Waals surface area contributed by atoms with Crippen LogP contribution >= 0.6 is 0 Å². The van der Waals surface area contributed by atoms with Gasteiger partial charge in [-0.2, -0.15) is 0 Å². The lowest BCUT2D eigenvalue weighted by atomic mass is 10.0. The third-order valence-corrected chi connectivity index (χ3v) is 2.28. The molecule has 0 aromatic carbocycles. The molecule has 13 nitrogen and oxygen atoms in total. The second kappa shape index (κ2) is 9.50. The van der Waals surface area contributed by atoms with Gasteiger partial charge < -0.3 is 25.7 Å². The molecule has 4 atom stereocenters. The SMILES string of the molecule is [N-]=[N+]=NCC(=O)N[C@H](C(=O)N=[N+]=[N-])[C@@H](O)[C@H](O)[C@H](O)CO. The van der Waals surface area contributed by atoms with Gasteiger partial charge in [-0.15, -0.1) is 0 Å². The number of aliphatic hydroxyl groups excluding tert-OH is 4. The average molecular weight is 303 g/mol. The molecule has 2 amide bonds. The molecule has 116 valence electrons. The smallest absolute Gasteiger partial charge is 0.243 e. The number of nitrogens with zero attached hydrogens (tertiary/aromatic N) is 6. The van der Waals surface area contributed by atoms with Crippen molar-refractivity contribution >= 4 is 11.8 Å². The minimum Gasteiger partial charge on any atom is -0.394 e. The summed E-state index contributed by atoms with van der Waals surface area (Å²) in [6.07, 6.45) is -5.87. The second-order valence-corrected chi connectivity index (χ2v) is 3.69. The van der Waals surface area contributed by atoms with Gasteiger partial charge in [0.25, 0.3) is 0 Å². The molecule has 0 aliphatic rings. The summed E-state index contributed by atoms with van der Waals surface area (Å²) in [5, 5.41) is 44.4. The lowest BCUT2D eigenvalue weighted by Crippen LogP contribution is -2.56. The highest BCUT2D eigenvalue weighted by Crippen LogP contribution is 2.07. The molecular weight excluding hydrogens is 290 g/mol. The second-order valence-electron chi connectivity index (χ2n) is 3.69. The van der Waals surface area contributed by atoms with Crippen molar-refractivity contribution in [1.29, 1.82) is 0 Å². The van der Waals surface area contributed by atoms with E-state index in [2.05, 4.69) is 20.1 Å². The van der Waals surface area contributed by atoms with Crippen LogP contribution in [-0.4, -0.2) is 69.7 Å². The number of carbonyl (C=O) groups excluding carboxylic acids is 2. The maximum Gasteiger partial charge on any atom is 0.243 e. The summed E-state index contributed by atoms with van der Waals surface area (Å²) >= 11 is 0. The highest BCUT2D eigenvalue weighted by molar-refractivity contribution is 5.89. The largest absolute Gasteiger partial charge is 0.394 e. The average Bonchev–Trinajstić information content (AvgIpc) is 2.48. The Balaban J connectivity index is 5.12. The van der Waals surface area contributed by atoms with Crippen LogP contribution in [0.3, 0.4) is 0 Å². The third-order valence-electron chi connectivity index (χ3n) is 2.28. The predicted molar refractivity (Wildman–Crippen MR) is 65.2 cm³/mol. The fourth-order valence-corrected chi connectivity index (χ4v) is 1.25. The monoisotopic (exact) mass is 303 g/mol. The first kappa shape index (κ1) is 18.6. The molecule has 0 heterocycles. The maximum absolute atomic E-state index is 11.5. The number of azide groups is 2. The Morgan fingerprint density at radius 1 is 1.14 bits per heavy atom. The van der Waals surface area contributed by atoms with Gasteiger partial charge in [-0.1, -0.05) is 5.11 Å². The summed E-state index contributed by atoms with van der Waals surface area (Å²) in [7, 11) is 0. The van der Waals surface area contributed by atoms with Crippen LogP contribution in [0.25, 0.3) is 20.9 Å². The van der Waals surface area contributed by atoms with E-state index in [9.17, 15) is 24.9 Å². The van der Waals surface area contributed by atoms with Crippen LogP contribution < -0.4 is 5.32 Å². The van der Waals surface area contributed by atoms with Gasteiger partial charge in [-0.05, 0) is 16.2 Å². The molecule has 0 bridgehead atoms. The molecule has 5 N–H and O–H groups in total. The van der Waals surface area contributed by atoms with E-state index in [-0.39, 0.29) is 0 Å². The highest BCUT2D eigenvalue weighted by atomic mass is 16.4. The van der Waals surface area contributed by atoms with Crippen molar-refractivity contribution in [3.63, 3.8) is 0 Å². The molecule has 0 unspecified atom stereocenters. The van der Waals surface area contributed by atoms with Crippen LogP contribution in [-0.2, 0) is 9.59 Å². The van der Waals surface area contributed by atoms with Crippen molar-refractivity contribution in [2.75, 3.05) is 13.2 Å². The molecule has 0 saturated heterocycles. The summed E-state index contributed by atoms with van der Waals surface area (Å²) in [5.74, 6) is -2.34. The topological polar surface area (TPSA) is 225 Å². The molecule has 0 saturated carbocycles. The van der Waals surface area contributed by atoms with Crippen LogP contribution in [0.2, 0.25) is 0 Å². The molecule has 0 spiro atoms. The highest BCUT2D eigenvalue weighted by Gasteiger charge is 2.35. The normalized spacial score (nSPS) is 15.6. The molecule has 0 aliphatic heterocycles. The van der Waals surface area contributed by atoms with Crippen molar-refractivity contribution in [2.45, 2.75) is 24.4 Å². The first-order valence-corrected chi connectivity index (χ1v) is 5.43. The zero-order valence-corrected chi connectivity index (χ0v) is 10.5. The van der Waals surface area contributed by atoms with Gasteiger partial charge >= 0.3 is 0 Å². The van der Waals surface area contributed by atoms with Gasteiger partial charge in [0.2, 0.25) is 11.8 Å². The fraction of sp³-hybridized carbons (Fsp3) is 0.750. The molecule has 0 aromatic rings. The van der Waals surface area contributed by atoms with Crippen LogP contribution in [0.5, 0.6) is 0 Å². The first-order valence-electron chi connectivity index (χ1n) is 5.43. The Morgan fingerprint density at radius 2 is 1.76 bits per heavy atom. The maximum atomic E-state index is 11.5. The van der Waals surface area contributed by atoms with Crippen molar-refractivity contribution < 1.29 is 30.0 Å².